The van der Waals surface area contributed by atoms with Gasteiger partial charge in [-0.2, -0.15) is 0 Å². The molecular formula is C14H19N5. The molecule has 0 radical (unpaired) electrons. The molecule has 3 rings (SSSR count). The largest absolute Gasteiger partial charge is 0.352 e. The first-order valence-corrected chi connectivity index (χ1v) is 6.60. The monoisotopic (exact) mass is 257 g/mol. The number of nitrogens with zero attached hydrogens (tertiary/aromatic N) is 3. The number of hydrogen-bond donors (Lipinski definition) is 2. The van der Waals surface area contributed by atoms with Gasteiger partial charge in [0.25, 0.3) is 0 Å². The third-order valence-corrected chi connectivity index (χ3v) is 3.45. The Labute approximate surface area is 112 Å². The van der Waals surface area contributed by atoms with Gasteiger partial charge in [0, 0.05) is 13.1 Å². The summed E-state index contributed by atoms with van der Waals surface area (Å²) in [7, 11) is 2.05. The molecule has 0 spiro atoms. The lowest BCUT2D eigenvalue weighted by Gasteiger charge is -2.08. The van der Waals surface area contributed by atoms with Crippen LogP contribution in [0, 0.1) is 6.92 Å². The molecule has 0 fully saturated rings. The highest BCUT2D eigenvalue weighted by molar-refractivity contribution is 5.82. The smallest absolute Gasteiger partial charge is 0.191 e. The second-order valence-corrected chi connectivity index (χ2v) is 5.17. The van der Waals surface area contributed by atoms with E-state index in [-0.39, 0.29) is 0 Å². The number of benzene rings is 1. The maximum absolute atomic E-state index is 4.67. The quantitative estimate of drug-likeness (QED) is 0.853. The molecule has 1 aromatic heterocycles. The van der Waals surface area contributed by atoms with Crippen molar-refractivity contribution >= 4 is 17.0 Å². The summed E-state index contributed by atoms with van der Waals surface area (Å²) in [5.74, 6) is 1.89. The summed E-state index contributed by atoms with van der Waals surface area (Å²) >= 11 is 0. The fraction of sp³-hybridized carbons (Fsp3) is 0.429. The van der Waals surface area contributed by atoms with Crippen molar-refractivity contribution in [3.8, 4) is 0 Å². The van der Waals surface area contributed by atoms with Crippen molar-refractivity contribution in [2.75, 3.05) is 6.54 Å². The lowest BCUT2D eigenvalue weighted by Crippen LogP contribution is -2.37. The van der Waals surface area contributed by atoms with Crippen LogP contribution in [-0.2, 0) is 13.6 Å². The predicted octanol–water partition coefficient (Wildman–Crippen LogP) is 1.32. The number of fused-ring (bicyclic) bond motifs is 1. The van der Waals surface area contributed by atoms with Gasteiger partial charge in [0.2, 0.25) is 0 Å². The average molecular weight is 257 g/mol. The minimum atomic E-state index is 0.422. The van der Waals surface area contributed by atoms with Crippen LogP contribution in [0.15, 0.2) is 23.2 Å². The van der Waals surface area contributed by atoms with Crippen LogP contribution in [0.5, 0.6) is 0 Å². The standard InChI is InChI=1S/C14H19N5/c1-9-4-5-12-11(6-9)18-13(19(12)3)8-16-14-15-7-10(2)17-14/h4-6,10H,7-8H2,1-3H3,(H2,15,16,17). The van der Waals surface area contributed by atoms with Crippen molar-refractivity contribution in [3.05, 3.63) is 29.6 Å². The van der Waals surface area contributed by atoms with Gasteiger partial charge in [0.15, 0.2) is 5.96 Å². The second kappa shape index (κ2) is 4.57. The summed E-state index contributed by atoms with van der Waals surface area (Å²) < 4.78 is 2.13. The van der Waals surface area contributed by atoms with Crippen LogP contribution in [0.3, 0.4) is 0 Å². The molecule has 1 unspecified atom stereocenters. The Morgan fingerprint density at radius 1 is 1.47 bits per heavy atom. The summed E-state index contributed by atoms with van der Waals surface area (Å²) in [6, 6.07) is 6.78. The van der Waals surface area contributed by atoms with Crippen molar-refractivity contribution in [2.45, 2.75) is 26.4 Å². The Bertz CT molecular complexity index is 641. The van der Waals surface area contributed by atoms with E-state index >= 15 is 0 Å². The molecule has 0 saturated carbocycles. The number of rotatable bonds is 2. The van der Waals surface area contributed by atoms with E-state index in [1.54, 1.807) is 0 Å². The highest BCUT2D eigenvalue weighted by Crippen LogP contribution is 2.16. The number of guanidine groups is 1. The first kappa shape index (κ1) is 12.0. The lowest BCUT2D eigenvalue weighted by molar-refractivity contribution is 0.702. The lowest BCUT2D eigenvalue weighted by atomic mass is 10.2. The summed E-state index contributed by atoms with van der Waals surface area (Å²) in [6.45, 7) is 5.73. The molecular weight excluding hydrogens is 238 g/mol. The zero-order valence-electron chi connectivity index (χ0n) is 11.6. The van der Waals surface area contributed by atoms with E-state index in [1.807, 2.05) is 7.05 Å². The molecule has 0 bridgehead atoms. The minimum absolute atomic E-state index is 0.422. The Kier molecular flexibility index (Phi) is 2.89. The van der Waals surface area contributed by atoms with Gasteiger partial charge < -0.3 is 15.2 Å². The van der Waals surface area contributed by atoms with Gasteiger partial charge in [-0.3, -0.25) is 4.99 Å². The van der Waals surface area contributed by atoms with E-state index < -0.39 is 0 Å². The third kappa shape index (κ3) is 2.28. The van der Waals surface area contributed by atoms with Crippen LogP contribution in [0.2, 0.25) is 0 Å². The second-order valence-electron chi connectivity index (χ2n) is 5.17. The SMILES string of the molecule is Cc1ccc2c(c1)nc(CNC1=NCC(C)N1)n2C. The van der Waals surface area contributed by atoms with Gasteiger partial charge >= 0.3 is 0 Å². The van der Waals surface area contributed by atoms with Crippen LogP contribution in [0.4, 0.5) is 0 Å². The van der Waals surface area contributed by atoms with Crippen molar-refractivity contribution in [3.63, 3.8) is 0 Å². The molecule has 19 heavy (non-hydrogen) atoms. The first-order valence-electron chi connectivity index (χ1n) is 6.60. The van der Waals surface area contributed by atoms with Crippen molar-refractivity contribution in [2.24, 2.45) is 12.0 Å². The number of aryl methyl sites for hydroxylation is 2. The van der Waals surface area contributed by atoms with E-state index in [2.05, 4.69) is 57.2 Å². The Balaban J connectivity index is 1.79. The number of nitrogens with one attached hydrogen (secondary N) is 2. The van der Waals surface area contributed by atoms with E-state index in [4.69, 9.17) is 0 Å². The fourth-order valence-corrected chi connectivity index (χ4v) is 2.34. The summed E-state index contributed by atoms with van der Waals surface area (Å²) in [5, 5.41) is 6.59. The Morgan fingerprint density at radius 3 is 3.05 bits per heavy atom. The first-order chi connectivity index (χ1) is 9.13. The number of hydrogen-bond acceptors (Lipinski definition) is 4. The molecule has 2 aromatic rings. The molecule has 2 heterocycles. The molecule has 1 aliphatic heterocycles. The van der Waals surface area contributed by atoms with Crippen LogP contribution in [0.1, 0.15) is 18.3 Å². The summed E-state index contributed by atoms with van der Waals surface area (Å²) in [6.07, 6.45) is 0. The molecule has 2 N–H and O–H groups in total. The maximum Gasteiger partial charge on any atom is 0.191 e. The van der Waals surface area contributed by atoms with E-state index in [0.29, 0.717) is 12.6 Å². The van der Waals surface area contributed by atoms with Crippen molar-refractivity contribution in [1.82, 2.24) is 20.2 Å². The maximum atomic E-state index is 4.67. The van der Waals surface area contributed by atoms with Gasteiger partial charge in [0.05, 0.1) is 24.1 Å². The van der Waals surface area contributed by atoms with Crippen molar-refractivity contribution < 1.29 is 0 Å². The van der Waals surface area contributed by atoms with E-state index in [9.17, 15) is 0 Å². The summed E-state index contributed by atoms with van der Waals surface area (Å²) in [5.41, 5.74) is 3.45. The highest BCUT2D eigenvalue weighted by atomic mass is 15.2. The fourth-order valence-electron chi connectivity index (χ4n) is 2.34. The predicted molar refractivity (Wildman–Crippen MR) is 77.2 cm³/mol. The molecule has 0 saturated heterocycles. The van der Waals surface area contributed by atoms with E-state index in [1.165, 1.54) is 5.56 Å². The molecule has 100 valence electrons. The zero-order valence-corrected chi connectivity index (χ0v) is 11.6. The Hall–Kier alpha value is -2.04. The molecule has 1 aliphatic rings. The van der Waals surface area contributed by atoms with Crippen LogP contribution < -0.4 is 10.6 Å². The van der Waals surface area contributed by atoms with Gasteiger partial charge in [-0.05, 0) is 31.5 Å². The van der Waals surface area contributed by atoms with Gasteiger partial charge in [-0.15, -0.1) is 0 Å². The number of aromatic nitrogens is 2. The summed E-state index contributed by atoms with van der Waals surface area (Å²) in [4.78, 5) is 9.06. The molecule has 5 heteroatoms. The normalized spacial score (nSPS) is 18.5. The van der Waals surface area contributed by atoms with Gasteiger partial charge in [0.1, 0.15) is 5.82 Å². The minimum Gasteiger partial charge on any atom is -0.352 e. The highest BCUT2D eigenvalue weighted by Gasteiger charge is 2.13. The zero-order chi connectivity index (χ0) is 13.4. The van der Waals surface area contributed by atoms with Gasteiger partial charge in [-0.25, -0.2) is 4.98 Å². The average Bonchev–Trinajstić information content (AvgIpc) is 2.91. The molecule has 0 aliphatic carbocycles. The number of imidazole rings is 1. The molecule has 5 nitrogen and oxygen atoms in total. The topological polar surface area (TPSA) is 54.2 Å². The van der Waals surface area contributed by atoms with Crippen LogP contribution in [-0.4, -0.2) is 28.1 Å². The molecule has 1 aromatic carbocycles. The van der Waals surface area contributed by atoms with Crippen molar-refractivity contribution in [1.29, 1.82) is 0 Å². The van der Waals surface area contributed by atoms with Gasteiger partial charge in [-0.1, -0.05) is 6.07 Å². The number of aliphatic imine (C=N–C) groups is 1. The molecule has 1 atom stereocenters. The molecule has 0 amide bonds. The van der Waals surface area contributed by atoms with E-state index in [0.717, 1.165) is 29.4 Å². The Morgan fingerprint density at radius 2 is 2.32 bits per heavy atom. The third-order valence-electron chi connectivity index (χ3n) is 3.45. The van der Waals surface area contributed by atoms with Crippen LogP contribution in [0.25, 0.3) is 11.0 Å². The van der Waals surface area contributed by atoms with Crippen LogP contribution >= 0.6 is 0 Å².